The minimum atomic E-state index is 0.450. The van der Waals surface area contributed by atoms with Crippen LogP contribution in [0.1, 0.15) is 30.7 Å². The smallest absolute Gasteiger partial charge is 0.119 e. The number of rotatable bonds is 6. The first-order valence-electron chi connectivity index (χ1n) is 8.36. The van der Waals surface area contributed by atoms with Gasteiger partial charge in [-0.15, -0.1) is 0 Å². The number of aromatic amines is 1. The normalized spacial score (nSPS) is 11.6. The monoisotopic (exact) mass is 323 g/mol. The number of nitrogens with one attached hydrogen (secondary N) is 1. The summed E-state index contributed by atoms with van der Waals surface area (Å²) in [6.45, 7) is 8.42. The Kier molecular flexibility index (Phi) is 4.86. The molecule has 4 nitrogen and oxygen atoms in total. The number of aromatic nitrogens is 2. The van der Waals surface area contributed by atoms with Crippen molar-refractivity contribution in [2.75, 3.05) is 7.11 Å². The average molecular weight is 323 g/mol. The van der Waals surface area contributed by atoms with Gasteiger partial charge >= 0.3 is 0 Å². The zero-order chi connectivity index (χ0) is 17.1. The Morgan fingerprint density at radius 3 is 2.71 bits per heavy atom. The number of fused-ring (bicyclic) bond motifs is 1. The lowest BCUT2D eigenvalue weighted by Gasteiger charge is -2.26. The molecule has 0 spiro atoms. The first kappa shape index (κ1) is 16.5. The summed E-state index contributed by atoms with van der Waals surface area (Å²) in [7, 11) is 1.71. The van der Waals surface area contributed by atoms with E-state index in [1.165, 1.54) is 22.2 Å². The van der Waals surface area contributed by atoms with Gasteiger partial charge in [-0.3, -0.25) is 9.88 Å². The molecule has 0 atom stereocenters. The van der Waals surface area contributed by atoms with Crippen LogP contribution in [-0.4, -0.2) is 28.0 Å². The topological polar surface area (TPSA) is 41.1 Å². The van der Waals surface area contributed by atoms with Gasteiger partial charge in [0.05, 0.1) is 7.11 Å². The fourth-order valence-corrected chi connectivity index (χ4v) is 3.00. The van der Waals surface area contributed by atoms with Crippen molar-refractivity contribution in [3.05, 3.63) is 59.5 Å². The standard InChI is InChI=1S/C20H25N3O/c1-14(2)23(12-16-6-5-9-21-11-16)13-20-15(3)18-10-17(24-4)7-8-19(18)22-20/h5-11,14,22H,12-13H2,1-4H3. The number of hydrogen-bond acceptors (Lipinski definition) is 3. The van der Waals surface area contributed by atoms with Gasteiger partial charge in [0.2, 0.25) is 0 Å². The fourth-order valence-electron chi connectivity index (χ4n) is 3.00. The molecular formula is C20H25N3O. The molecule has 1 N–H and O–H groups in total. The van der Waals surface area contributed by atoms with E-state index in [0.29, 0.717) is 6.04 Å². The molecule has 24 heavy (non-hydrogen) atoms. The van der Waals surface area contributed by atoms with E-state index in [-0.39, 0.29) is 0 Å². The van der Waals surface area contributed by atoms with Crippen LogP contribution in [0.15, 0.2) is 42.7 Å². The highest BCUT2D eigenvalue weighted by molar-refractivity contribution is 5.85. The van der Waals surface area contributed by atoms with Crippen molar-refractivity contribution in [1.82, 2.24) is 14.9 Å². The van der Waals surface area contributed by atoms with Crippen LogP contribution in [0.3, 0.4) is 0 Å². The van der Waals surface area contributed by atoms with Gasteiger partial charge in [0.15, 0.2) is 0 Å². The average Bonchev–Trinajstić information content (AvgIpc) is 2.90. The molecule has 1 aromatic carbocycles. The van der Waals surface area contributed by atoms with E-state index in [1.54, 1.807) is 7.11 Å². The van der Waals surface area contributed by atoms with Crippen LogP contribution in [0.2, 0.25) is 0 Å². The number of ether oxygens (including phenoxy) is 1. The molecule has 0 aliphatic carbocycles. The van der Waals surface area contributed by atoms with Crippen LogP contribution in [0.4, 0.5) is 0 Å². The summed E-state index contributed by atoms with van der Waals surface area (Å²) in [6, 6.07) is 10.8. The summed E-state index contributed by atoms with van der Waals surface area (Å²) < 4.78 is 5.35. The van der Waals surface area contributed by atoms with Crippen molar-refractivity contribution < 1.29 is 4.74 Å². The highest BCUT2D eigenvalue weighted by Crippen LogP contribution is 2.27. The largest absolute Gasteiger partial charge is 0.497 e. The Morgan fingerprint density at radius 1 is 1.21 bits per heavy atom. The second-order valence-corrected chi connectivity index (χ2v) is 6.50. The number of methoxy groups -OCH3 is 1. The maximum Gasteiger partial charge on any atom is 0.119 e. The molecule has 0 saturated heterocycles. The van der Waals surface area contributed by atoms with E-state index in [9.17, 15) is 0 Å². The fraction of sp³-hybridized carbons (Fsp3) is 0.350. The van der Waals surface area contributed by atoms with Gasteiger partial charge in [-0.2, -0.15) is 0 Å². The van der Waals surface area contributed by atoms with Crippen molar-refractivity contribution >= 4 is 10.9 Å². The molecule has 2 heterocycles. The summed E-state index contributed by atoms with van der Waals surface area (Å²) >= 11 is 0. The molecule has 3 rings (SSSR count). The lowest BCUT2D eigenvalue weighted by atomic mass is 10.1. The van der Waals surface area contributed by atoms with E-state index in [1.807, 2.05) is 24.5 Å². The quantitative estimate of drug-likeness (QED) is 0.735. The zero-order valence-electron chi connectivity index (χ0n) is 14.8. The number of hydrogen-bond donors (Lipinski definition) is 1. The molecule has 0 saturated carbocycles. The van der Waals surface area contributed by atoms with Gasteiger partial charge < -0.3 is 9.72 Å². The Bertz CT molecular complexity index is 808. The van der Waals surface area contributed by atoms with Gasteiger partial charge in [-0.05, 0) is 56.2 Å². The summed E-state index contributed by atoms with van der Waals surface area (Å²) in [5.41, 5.74) is 4.95. The maximum absolute atomic E-state index is 5.35. The molecule has 0 aliphatic rings. The Labute approximate surface area is 143 Å². The van der Waals surface area contributed by atoms with Crippen molar-refractivity contribution in [2.45, 2.75) is 39.9 Å². The van der Waals surface area contributed by atoms with Gasteiger partial charge in [-0.1, -0.05) is 6.07 Å². The molecule has 0 fully saturated rings. The van der Waals surface area contributed by atoms with Gasteiger partial charge in [0.1, 0.15) is 5.75 Å². The van der Waals surface area contributed by atoms with Gasteiger partial charge in [0.25, 0.3) is 0 Å². The highest BCUT2D eigenvalue weighted by Gasteiger charge is 2.15. The van der Waals surface area contributed by atoms with Crippen LogP contribution in [0, 0.1) is 6.92 Å². The first-order chi connectivity index (χ1) is 11.6. The van der Waals surface area contributed by atoms with E-state index in [2.05, 4.69) is 53.8 Å². The van der Waals surface area contributed by atoms with Crippen LogP contribution < -0.4 is 4.74 Å². The van der Waals surface area contributed by atoms with Crippen molar-refractivity contribution in [3.63, 3.8) is 0 Å². The summed E-state index contributed by atoms with van der Waals surface area (Å²) in [6.07, 6.45) is 3.76. The predicted molar refractivity (Wildman–Crippen MR) is 98.2 cm³/mol. The SMILES string of the molecule is COc1ccc2[nH]c(CN(Cc3cccnc3)C(C)C)c(C)c2c1. The van der Waals surface area contributed by atoms with Crippen LogP contribution >= 0.6 is 0 Å². The molecule has 0 radical (unpaired) electrons. The second kappa shape index (κ2) is 7.05. The van der Waals surface area contributed by atoms with E-state index in [0.717, 1.165) is 24.4 Å². The minimum Gasteiger partial charge on any atom is -0.497 e. The van der Waals surface area contributed by atoms with E-state index < -0.39 is 0 Å². The Hall–Kier alpha value is -2.33. The van der Waals surface area contributed by atoms with Gasteiger partial charge in [0, 0.05) is 48.1 Å². The van der Waals surface area contributed by atoms with Gasteiger partial charge in [-0.25, -0.2) is 0 Å². The number of aryl methyl sites for hydroxylation is 1. The molecule has 0 unspecified atom stereocenters. The molecule has 0 bridgehead atoms. The molecule has 0 amide bonds. The van der Waals surface area contributed by atoms with Crippen molar-refractivity contribution in [3.8, 4) is 5.75 Å². The molecule has 4 heteroatoms. The number of benzene rings is 1. The molecule has 3 aromatic rings. The molecule has 126 valence electrons. The number of pyridine rings is 1. The Balaban J connectivity index is 1.87. The molecular weight excluding hydrogens is 298 g/mol. The van der Waals surface area contributed by atoms with Crippen LogP contribution in [0.5, 0.6) is 5.75 Å². The predicted octanol–water partition coefficient (Wildman–Crippen LogP) is 4.29. The number of nitrogens with zero attached hydrogens (tertiary/aromatic N) is 2. The lowest BCUT2D eigenvalue weighted by Crippen LogP contribution is -2.30. The third-order valence-electron chi connectivity index (χ3n) is 4.57. The minimum absolute atomic E-state index is 0.450. The third-order valence-corrected chi connectivity index (χ3v) is 4.57. The van der Waals surface area contributed by atoms with Crippen molar-refractivity contribution in [2.24, 2.45) is 0 Å². The van der Waals surface area contributed by atoms with Crippen molar-refractivity contribution in [1.29, 1.82) is 0 Å². The van der Waals surface area contributed by atoms with E-state index >= 15 is 0 Å². The van der Waals surface area contributed by atoms with E-state index in [4.69, 9.17) is 4.74 Å². The zero-order valence-corrected chi connectivity index (χ0v) is 14.8. The van der Waals surface area contributed by atoms with Crippen LogP contribution in [-0.2, 0) is 13.1 Å². The molecule has 2 aromatic heterocycles. The van der Waals surface area contributed by atoms with Crippen LogP contribution in [0.25, 0.3) is 10.9 Å². The summed E-state index contributed by atoms with van der Waals surface area (Å²) in [5.74, 6) is 0.896. The third kappa shape index (κ3) is 3.44. The number of H-pyrrole nitrogens is 1. The molecule has 0 aliphatic heterocycles. The lowest BCUT2D eigenvalue weighted by molar-refractivity contribution is 0.201. The highest BCUT2D eigenvalue weighted by atomic mass is 16.5. The first-order valence-corrected chi connectivity index (χ1v) is 8.36. The maximum atomic E-state index is 5.35. The Morgan fingerprint density at radius 2 is 2.04 bits per heavy atom. The second-order valence-electron chi connectivity index (χ2n) is 6.50. The summed E-state index contributed by atoms with van der Waals surface area (Å²) in [5, 5.41) is 1.23. The summed E-state index contributed by atoms with van der Waals surface area (Å²) in [4.78, 5) is 10.3.